The highest BCUT2D eigenvalue weighted by Gasteiger charge is 2.13. The van der Waals surface area contributed by atoms with E-state index in [0.717, 1.165) is 5.56 Å². The Morgan fingerprint density at radius 1 is 1.69 bits per heavy atom. The topological polar surface area (TPSA) is 65.2 Å². The highest BCUT2D eigenvalue weighted by Crippen LogP contribution is 2.19. The number of nitrogens with zero attached hydrogens (tertiary/aromatic N) is 1. The molecule has 0 fully saturated rings. The van der Waals surface area contributed by atoms with Crippen LogP contribution in [0, 0.1) is 6.92 Å². The molecule has 0 aliphatic carbocycles. The number of carbonyl (C=O) groups is 1. The van der Waals surface area contributed by atoms with Gasteiger partial charge in [-0.1, -0.05) is 0 Å². The molecule has 13 heavy (non-hydrogen) atoms. The van der Waals surface area contributed by atoms with E-state index in [0.29, 0.717) is 10.3 Å². The summed E-state index contributed by atoms with van der Waals surface area (Å²) in [7, 11) is 1.29. The predicted molar refractivity (Wildman–Crippen MR) is 52.4 cm³/mol. The van der Waals surface area contributed by atoms with Crippen LogP contribution in [0.4, 0.5) is 5.69 Å². The van der Waals surface area contributed by atoms with Crippen molar-refractivity contribution >= 4 is 27.6 Å². The molecule has 0 spiro atoms. The van der Waals surface area contributed by atoms with E-state index in [1.165, 1.54) is 7.11 Å². The number of pyridine rings is 1. The molecule has 1 aromatic heterocycles. The summed E-state index contributed by atoms with van der Waals surface area (Å²) in [4.78, 5) is 15.1. The number of methoxy groups -OCH3 is 1. The first-order valence-corrected chi connectivity index (χ1v) is 4.36. The second-order valence-corrected chi connectivity index (χ2v) is 3.28. The van der Waals surface area contributed by atoms with Gasteiger partial charge < -0.3 is 10.5 Å². The molecular weight excluding hydrogens is 236 g/mol. The minimum Gasteiger partial charge on any atom is -0.464 e. The van der Waals surface area contributed by atoms with Crippen LogP contribution in [0.2, 0.25) is 0 Å². The lowest BCUT2D eigenvalue weighted by atomic mass is 10.2. The van der Waals surface area contributed by atoms with E-state index in [-0.39, 0.29) is 5.69 Å². The minimum atomic E-state index is -0.529. The van der Waals surface area contributed by atoms with E-state index in [1.807, 2.05) is 6.92 Å². The molecule has 0 aliphatic rings. The molecule has 1 rings (SSSR count). The molecule has 0 saturated heterocycles. The van der Waals surface area contributed by atoms with Crippen LogP contribution in [0.3, 0.4) is 0 Å². The number of halogens is 1. The Balaban J connectivity index is 3.23. The number of esters is 1. The maximum absolute atomic E-state index is 11.1. The average molecular weight is 245 g/mol. The standard InChI is InChI=1S/C8H9BrN2O2/c1-4-3-5(10)6(8(12)13-2)11-7(4)9/h3H,10H2,1-2H3. The molecule has 1 heterocycles. The van der Waals surface area contributed by atoms with Crippen molar-refractivity contribution in [2.75, 3.05) is 12.8 Å². The largest absolute Gasteiger partial charge is 0.464 e. The summed E-state index contributed by atoms with van der Waals surface area (Å²) in [5.41, 5.74) is 6.93. The Bertz CT molecular complexity index is 352. The lowest BCUT2D eigenvalue weighted by Crippen LogP contribution is -2.09. The molecule has 2 N–H and O–H groups in total. The molecule has 0 saturated carbocycles. The lowest BCUT2D eigenvalue weighted by molar-refractivity contribution is 0.0595. The van der Waals surface area contributed by atoms with Gasteiger partial charge in [-0.3, -0.25) is 0 Å². The summed E-state index contributed by atoms with van der Waals surface area (Å²) < 4.78 is 5.11. The first kappa shape index (κ1) is 9.98. The van der Waals surface area contributed by atoms with Crippen molar-refractivity contribution in [3.63, 3.8) is 0 Å². The molecule has 0 bridgehead atoms. The third-order valence-corrected chi connectivity index (χ3v) is 2.36. The number of aryl methyl sites for hydroxylation is 1. The van der Waals surface area contributed by atoms with E-state index in [1.54, 1.807) is 6.07 Å². The molecule has 0 amide bonds. The zero-order valence-corrected chi connectivity index (χ0v) is 8.88. The van der Waals surface area contributed by atoms with Gasteiger partial charge in [0.1, 0.15) is 4.60 Å². The average Bonchev–Trinajstić information content (AvgIpc) is 2.10. The van der Waals surface area contributed by atoms with Gasteiger partial charge in [0.15, 0.2) is 5.69 Å². The minimum absolute atomic E-state index is 0.139. The first-order chi connectivity index (χ1) is 6.06. The quantitative estimate of drug-likeness (QED) is 0.601. The zero-order valence-electron chi connectivity index (χ0n) is 7.30. The molecule has 0 aromatic carbocycles. The smallest absolute Gasteiger partial charge is 0.358 e. The van der Waals surface area contributed by atoms with Crippen LogP contribution >= 0.6 is 15.9 Å². The van der Waals surface area contributed by atoms with Crippen LogP contribution in [0.1, 0.15) is 16.1 Å². The normalized spacial score (nSPS) is 9.77. The zero-order chi connectivity index (χ0) is 10.0. The van der Waals surface area contributed by atoms with E-state index in [9.17, 15) is 4.79 Å². The van der Waals surface area contributed by atoms with Crippen molar-refractivity contribution in [3.8, 4) is 0 Å². The van der Waals surface area contributed by atoms with Gasteiger partial charge >= 0.3 is 5.97 Å². The van der Waals surface area contributed by atoms with Crippen molar-refractivity contribution in [1.82, 2.24) is 4.98 Å². The van der Waals surface area contributed by atoms with Crippen LogP contribution in [-0.4, -0.2) is 18.1 Å². The summed E-state index contributed by atoms with van der Waals surface area (Å²) in [6, 6.07) is 1.67. The number of anilines is 1. The Labute approximate surface area is 84.2 Å². The Morgan fingerprint density at radius 3 is 2.85 bits per heavy atom. The molecule has 1 aromatic rings. The van der Waals surface area contributed by atoms with Crippen molar-refractivity contribution in [2.45, 2.75) is 6.92 Å². The van der Waals surface area contributed by atoms with Gasteiger partial charge in [-0.05, 0) is 34.5 Å². The number of hydrogen-bond donors (Lipinski definition) is 1. The maximum Gasteiger partial charge on any atom is 0.358 e. The maximum atomic E-state index is 11.1. The SMILES string of the molecule is COC(=O)c1nc(Br)c(C)cc1N. The van der Waals surface area contributed by atoms with Crippen molar-refractivity contribution in [1.29, 1.82) is 0 Å². The summed E-state index contributed by atoms with van der Waals surface area (Å²) in [5.74, 6) is -0.529. The van der Waals surface area contributed by atoms with Crippen LogP contribution < -0.4 is 5.73 Å². The van der Waals surface area contributed by atoms with Gasteiger partial charge in [0.2, 0.25) is 0 Å². The second kappa shape index (κ2) is 3.74. The van der Waals surface area contributed by atoms with Gasteiger partial charge in [-0.25, -0.2) is 9.78 Å². The first-order valence-electron chi connectivity index (χ1n) is 3.57. The van der Waals surface area contributed by atoms with E-state index < -0.39 is 5.97 Å². The summed E-state index contributed by atoms with van der Waals surface area (Å²) in [6.45, 7) is 1.84. The number of ether oxygens (including phenoxy) is 1. The molecular formula is C8H9BrN2O2. The molecule has 5 heteroatoms. The summed E-state index contributed by atoms with van der Waals surface area (Å²) in [5, 5.41) is 0. The van der Waals surface area contributed by atoms with Crippen LogP contribution in [0.15, 0.2) is 10.7 Å². The van der Waals surface area contributed by atoms with Gasteiger partial charge in [0.25, 0.3) is 0 Å². The Hall–Kier alpha value is -1.10. The molecule has 0 radical (unpaired) electrons. The fraction of sp³-hybridized carbons (Fsp3) is 0.250. The fourth-order valence-corrected chi connectivity index (χ4v) is 1.16. The van der Waals surface area contributed by atoms with E-state index >= 15 is 0 Å². The van der Waals surface area contributed by atoms with Crippen LogP contribution in [0.5, 0.6) is 0 Å². The second-order valence-electron chi connectivity index (χ2n) is 2.53. The molecule has 0 atom stereocenters. The molecule has 70 valence electrons. The predicted octanol–water partition coefficient (Wildman–Crippen LogP) is 1.52. The monoisotopic (exact) mass is 244 g/mol. The Kier molecular flexibility index (Phi) is 2.87. The van der Waals surface area contributed by atoms with Crippen LogP contribution in [0.25, 0.3) is 0 Å². The number of aromatic nitrogens is 1. The highest BCUT2D eigenvalue weighted by atomic mass is 79.9. The molecule has 0 aliphatic heterocycles. The third kappa shape index (κ3) is 1.98. The van der Waals surface area contributed by atoms with Crippen molar-refractivity contribution in [3.05, 3.63) is 21.9 Å². The highest BCUT2D eigenvalue weighted by molar-refractivity contribution is 9.10. The van der Waals surface area contributed by atoms with Crippen molar-refractivity contribution < 1.29 is 9.53 Å². The van der Waals surface area contributed by atoms with Gasteiger partial charge in [0, 0.05) is 0 Å². The summed E-state index contributed by atoms with van der Waals surface area (Å²) >= 11 is 3.20. The lowest BCUT2D eigenvalue weighted by Gasteiger charge is -2.04. The molecule has 0 unspecified atom stereocenters. The van der Waals surface area contributed by atoms with E-state index in [4.69, 9.17) is 5.73 Å². The summed E-state index contributed by atoms with van der Waals surface area (Å²) in [6.07, 6.45) is 0. The number of carbonyl (C=O) groups excluding carboxylic acids is 1. The number of rotatable bonds is 1. The van der Waals surface area contributed by atoms with Gasteiger partial charge in [0.05, 0.1) is 12.8 Å². The van der Waals surface area contributed by atoms with Crippen molar-refractivity contribution in [2.24, 2.45) is 0 Å². The number of nitrogens with two attached hydrogens (primary N) is 1. The molecule has 4 nitrogen and oxygen atoms in total. The van der Waals surface area contributed by atoms with Gasteiger partial charge in [-0.2, -0.15) is 0 Å². The third-order valence-electron chi connectivity index (χ3n) is 1.56. The van der Waals surface area contributed by atoms with Crippen LogP contribution in [-0.2, 0) is 4.74 Å². The fourth-order valence-electron chi connectivity index (χ4n) is 0.872. The Morgan fingerprint density at radius 2 is 2.31 bits per heavy atom. The number of nitrogen functional groups attached to an aromatic ring is 1. The van der Waals surface area contributed by atoms with E-state index in [2.05, 4.69) is 25.7 Å². The number of hydrogen-bond acceptors (Lipinski definition) is 4. The van der Waals surface area contributed by atoms with Gasteiger partial charge in [-0.15, -0.1) is 0 Å².